The van der Waals surface area contributed by atoms with Crippen LogP contribution in [0.25, 0.3) is 0 Å². The van der Waals surface area contributed by atoms with Gasteiger partial charge in [0.25, 0.3) is 11.5 Å². The van der Waals surface area contributed by atoms with Crippen molar-refractivity contribution in [1.82, 2.24) is 4.90 Å². The first-order valence-electron chi connectivity index (χ1n) is 5.82. The van der Waals surface area contributed by atoms with Gasteiger partial charge < -0.3 is 9.32 Å². The van der Waals surface area contributed by atoms with Crippen molar-refractivity contribution in [2.45, 2.75) is 37.4 Å². The van der Waals surface area contributed by atoms with E-state index >= 15 is 0 Å². The molecule has 17 heavy (non-hydrogen) atoms. The highest BCUT2D eigenvalue weighted by Crippen LogP contribution is 2.31. The Hall–Kier alpha value is -1.03. The zero-order valence-electron chi connectivity index (χ0n) is 9.44. The molecule has 5 heteroatoms. The van der Waals surface area contributed by atoms with E-state index in [-0.39, 0.29) is 6.04 Å². The molecule has 1 aromatic rings. The van der Waals surface area contributed by atoms with E-state index in [0.717, 1.165) is 25.7 Å². The van der Waals surface area contributed by atoms with Crippen LogP contribution in [0.5, 0.6) is 0 Å². The first kappa shape index (κ1) is 12.4. The number of furan rings is 1. The molecule has 1 saturated heterocycles. The fourth-order valence-corrected chi connectivity index (χ4v) is 2.40. The summed E-state index contributed by atoms with van der Waals surface area (Å²) in [6.07, 6.45) is 5.29. The molecule has 1 amide bonds. The largest absolute Gasteiger partial charge is 0.467 e. The number of amides is 1. The molecule has 0 aromatic carbocycles. The lowest BCUT2D eigenvalue weighted by atomic mass is 10.1. The summed E-state index contributed by atoms with van der Waals surface area (Å²) in [7, 11) is 0. The summed E-state index contributed by atoms with van der Waals surface area (Å²) in [5, 5.41) is 0. The molecule has 1 fully saturated rings. The fourth-order valence-electron chi connectivity index (χ4n) is 2.27. The summed E-state index contributed by atoms with van der Waals surface area (Å²) in [4.78, 5) is 13.2. The molecule has 2 atom stereocenters. The van der Waals surface area contributed by atoms with Gasteiger partial charge in [-0.2, -0.15) is 0 Å². The first-order valence-corrected chi connectivity index (χ1v) is 6.26. The molecule has 0 N–H and O–H groups in total. The molecule has 3 nitrogen and oxygen atoms in total. The van der Waals surface area contributed by atoms with Gasteiger partial charge in [-0.3, -0.25) is 4.79 Å². The average Bonchev–Trinajstić information content (AvgIpc) is 2.72. The highest BCUT2D eigenvalue weighted by molar-refractivity contribution is 6.29. The van der Waals surface area contributed by atoms with Gasteiger partial charge in [-0.05, 0) is 25.0 Å². The molecule has 0 radical (unpaired) electrons. The van der Waals surface area contributed by atoms with Crippen LogP contribution in [0, 0.1) is 0 Å². The number of carbonyl (C=O) groups excluding carboxylic acids is 1. The molecule has 0 aliphatic carbocycles. The second kappa shape index (κ2) is 5.54. The van der Waals surface area contributed by atoms with Crippen LogP contribution in [-0.4, -0.2) is 23.0 Å². The van der Waals surface area contributed by atoms with Crippen LogP contribution in [0.3, 0.4) is 0 Å². The summed E-state index contributed by atoms with van der Waals surface area (Å²) in [6, 6.07) is 3.41. The van der Waals surface area contributed by atoms with E-state index in [2.05, 4.69) is 0 Å². The highest BCUT2D eigenvalue weighted by Gasteiger charge is 2.31. The van der Waals surface area contributed by atoms with E-state index in [1.165, 1.54) is 4.90 Å². The van der Waals surface area contributed by atoms with E-state index in [0.29, 0.717) is 12.3 Å². The maximum absolute atomic E-state index is 13.0. The van der Waals surface area contributed by atoms with Gasteiger partial charge in [-0.1, -0.05) is 24.4 Å². The van der Waals surface area contributed by atoms with Gasteiger partial charge in [0.15, 0.2) is 0 Å². The Morgan fingerprint density at radius 1 is 1.53 bits per heavy atom. The van der Waals surface area contributed by atoms with Gasteiger partial charge in [0.1, 0.15) is 5.76 Å². The van der Waals surface area contributed by atoms with Gasteiger partial charge in [0.05, 0.1) is 12.3 Å². The van der Waals surface area contributed by atoms with Crippen molar-refractivity contribution in [2.75, 3.05) is 6.54 Å². The maximum atomic E-state index is 13.0. The van der Waals surface area contributed by atoms with Crippen LogP contribution in [0.2, 0.25) is 0 Å². The molecule has 0 bridgehead atoms. The minimum Gasteiger partial charge on any atom is -0.467 e. The lowest BCUT2D eigenvalue weighted by Crippen LogP contribution is -2.38. The average molecular weight is 260 g/mol. The zero-order chi connectivity index (χ0) is 12.3. The first-order chi connectivity index (χ1) is 8.20. The van der Waals surface area contributed by atoms with Crippen LogP contribution >= 0.6 is 11.6 Å². The van der Waals surface area contributed by atoms with Crippen LogP contribution < -0.4 is 0 Å². The Bertz CT molecular complexity index is 367. The fraction of sp³-hybridized carbons (Fsp3) is 0.583. The summed E-state index contributed by atoms with van der Waals surface area (Å²) >= 11 is 5.25. The number of halogens is 2. The predicted molar refractivity (Wildman–Crippen MR) is 62.4 cm³/mol. The van der Waals surface area contributed by atoms with Gasteiger partial charge in [0, 0.05) is 6.54 Å². The third-order valence-corrected chi connectivity index (χ3v) is 3.28. The van der Waals surface area contributed by atoms with Crippen molar-refractivity contribution in [1.29, 1.82) is 0 Å². The smallest absolute Gasteiger partial charge is 0.273 e. The van der Waals surface area contributed by atoms with Crippen molar-refractivity contribution in [3.05, 3.63) is 24.2 Å². The minimum atomic E-state index is -1.97. The molecular formula is C12H15ClFNO2. The Balaban J connectivity index is 2.21. The Labute approximate surface area is 105 Å². The number of hydrogen-bond donors (Lipinski definition) is 0. The molecule has 1 aliphatic rings. The van der Waals surface area contributed by atoms with Gasteiger partial charge >= 0.3 is 0 Å². The number of rotatable bonds is 2. The van der Waals surface area contributed by atoms with Gasteiger partial charge in [-0.15, -0.1) is 0 Å². The van der Waals surface area contributed by atoms with Crippen LogP contribution in [0.4, 0.5) is 4.39 Å². The molecule has 1 aliphatic heterocycles. The van der Waals surface area contributed by atoms with Gasteiger partial charge in [-0.25, -0.2) is 4.39 Å². The van der Waals surface area contributed by atoms with E-state index in [1.807, 2.05) is 6.07 Å². The van der Waals surface area contributed by atoms with Gasteiger partial charge in [0.2, 0.25) is 0 Å². The van der Waals surface area contributed by atoms with Crippen molar-refractivity contribution in [3.63, 3.8) is 0 Å². The zero-order valence-corrected chi connectivity index (χ0v) is 10.2. The van der Waals surface area contributed by atoms with Crippen LogP contribution in [0.1, 0.15) is 37.5 Å². The van der Waals surface area contributed by atoms with Crippen LogP contribution in [0.15, 0.2) is 22.8 Å². The van der Waals surface area contributed by atoms with E-state index < -0.39 is 11.5 Å². The molecule has 0 spiro atoms. The summed E-state index contributed by atoms with van der Waals surface area (Å²) < 4.78 is 18.3. The lowest BCUT2D eigenvalue weighted by Gasteiger charge is -2.28. The number of likely N-dealkylation sites (tertiary alicyclic amines) is 1. The molecule has 2 unspecified atom stereocenters. The summed E-state index contributed by atoms with van der Waals surface area (Å²) in [5.41, 5.74) is -1.97. The summed E-state index contributed by atoms with van der Waals surface area (Å²) in [6.45, 7) is 0.539. The monoisotopic (exact) mass is 259 g/mol. The second-order valence-electron chi connectivity index (χ2n) is 4.21. The van der Waals surface area contributed by atoms with Crippen LogP contribution in [-0.2, 0) is 4.79 Å². The van der Waals surface area contributed by atoms with E-state index in [9.17, 15) is 9.18 Å². The molecule has 94 valence electrons. The Morgan fingerprint density at radius 3 is 3.00 bits per heavy atom. The number of carbonyl (C=O) groups is 1. The summed E-state index contributed by atoms with van der Waals surface area (Å²) in [5.74, 6) is 0.0486. The molecule has 1 aromatic heterocycles. The second-order valence-corrected chi connectivity index (χ2v) is 4.60. The maximum Gasteiger partial charge on any atom is 0.273 e. The van der Waals surface area contributed by atoms with Crippen molar-refractivity contribution in [2.24, 2.45) is 0 Å². The Kier molecular flexibility index (Phi) is 4.05. The number of alkyl halides is 2. The standard InChI is InChI=1S/C12H15ClFNO2/c13-11(14)12(16)15-7-3-1-2-5-9(15)10-6-4-8-17-10/h4,6,8-9,11H,1-3,5,7H2. The third kappa shape index (κ3) is 2.80. The molecule has 0 saturated carbocycles. The van der Waals surface area contributed by atoms with E-state index in [4.69, 9.17) is 16.0 Å². The third-order valence-electron chi connectivity index (χ3n) is 3.09. The minimum absolute atomic E-state index is 0.183. The normalized spacial score (nSPS) is 23.2. The lowest BCUT2D eigenvalue weighted by molar-refractivity contribution is -0.136. The molecule has 2 heterocycles. The highest BCUT2D eigenvalue weighted by atomic mass is 35.5. The molecule has 2 rings (SSSR count). The Morgan fingerprint density at radius 2 is 2.35 bits per heavy atom. The van der Waals surface area contributed by atoms with Crippen molar-refractivity contribution < 1.29 is 13.6 Å². The SMILES string of the molecule is O=C(C(F)Cl)N1CCCCCC1c1ccco1. The van der Waals surface area contributed by atoms with Crippen molar-refractivity contribution in [3.8, 4) is 0 Å². The van der Waals surface area contributed by atoms with E-state index in [1.54, 1.807) is 12.3 Å². The quantitative estimate of drug-likeness (QED) is 0.764. The predicted octanol–water partition coefficient (Wildman–Crippen LogP) is 3.26. The number of hydrogen-bond acceptors (Lipinski definition) is 2. The van der Waals surface area contributed by atoms with Crippen molar-refractivity contribution >= 4 is 17.5 Å². The number of nitrogens with zero attached hydrogens (tertiary/aromatic N) is 1. The molecular weight excluding hydrogens is 245 g/mol. The topological polar surface area (TPSA) is 33.5 Å².